The highest BCUT2D eigenvalue weighted by molar-refractivity contribution is 5.97. The zero-order valence-corrected chi connectivity index (χ0v) is 16.2. The van der Waals surface area contributed by atoms with Crippen LogP contribution in [0.2, 0.25) is 0 Å². The molecule has 146 valence electrons. The molecule has 1 atom stereocenters. The molecule has 2 aliphatic heterocycles. The molecule has 2 aliphatic rings. The number of likely N-dealkylation sites (tertiary alicyclic amines) is 1. The van der Waals surface area contributed by atoms with Crippen molar-refractivity contribution in [1.29, 1.82) is 0 Å². The molecular formula is C22H24FN3O2. The number of hydrogen-bond donors (Lipinski definition) is 0. The number of carbonyl (C=O) groups is 2. The van der Waals surface area contributed by atoms with Crippen molar-refractivity contribution in [3.05, 3.63) is 65.5 Å². The van der Waals surface area contributed by atoms with Gasteiger partial charge in [0.25, 0.3) is 5.91 Å². The summed E-state index contributed by atoms with van der Waals surface area (Å²) in [7, 11) is 1.93. The van der Waals surface area contributed by atoms with Crippen molar-refractivity contribution in [2.75, 3.05) is 38.1 Å². The molecule has 2 aromatic rings. The molecule has 0 radical (unpaired) electrons. The number of nitrogens with zero attached hydrogens (tertiary/aromatic N) is 3. The Kier molecular flexibility index (Phi) is 4.67. The third-order valence-electron chi connectivity index (χ3n) is 5.97. The van der Waals surface area contributed by atoms with Gasteiger partial charge in [0.1, 0.15) is 5.82 Å². The molecule has 2 amide bonds. The Morgan fingerprint density at radius 2 is 1.86 bits per heavy atom. The van der Waals surface area contributed by atoms with Gasteiger partial charge in [-0.25, -0.2) is 4.39 Å². The molecule has 0 N–H and O–H groups in total. The predicted octanol–water partition coefficient (Wildman–Crippen LogP) is 2.70. The smallest absolute Gasteiger partial charge is 0.253 e. The summed E-state index contributed by atoms with van der Waals surface area (Å²) in [5, 5.41) is 0. The maximum atomic E-state index is 13.7. The van der Waals surface area contributed by atoms with E-state index in [2.05, 4.69) is 0 Å². The first-order valence-electron chi connectivity index (χ1n) is 9.51. The van der Waals surface area contributed by atoms with Crippen LogP contribution >= 0.6 is 0 Å². The van der Waals surface area contributed by atoms with E-state index in [1.54, 1.807) is 17.0 Å². The largest absolute Gasteiger partial charge is 0.337 e. The van der Waals surface area contributed by atoms with Crippen LogP contribution in [-0.2, 0) is 4.79 Å². The van der Waals surface area contributed by atoms with Gasteiger partial charge in [0.05, 0.1) is 12.1 Å². The van der Waals surface area contributed by atoms with E-state index in [4.69, 9.17) is 0 Å². The lowest BCUT2D eigenvalue weighted by Crippen LogP contribution is -2.64. The van der Waals surface area contributed by atoms with Gasteiger partial charge in [-0.1, -0.05) is 23.8 Å². The van der Waals surface area contributed by atoms with Crippen molar-refractivity contribution in [1.82, 2.24) is 9.80 Å². The number of carbonyl (C=O) groups excluding carboxylic acids is 2. The molecule has 2 saturated heterocycles. The molecule has 6 heteroatoms. The van der Waals surface area contributed by atoms with Crippen molar-refractivity contribution < 1.29 is 14.0 Å². The molecule has 0 bridgehead atoms. The minimum Gasteiger partial charge on any atom is -0.337 e. The zero-order valence-electron chi connectivity index (χ0n) is 16.2. The molecule has 0 aliphatic carbocycles. The van der Waals surface area contributed by atoms with Gasteiger partial charge in [0.15, 0.2) is 0 Å². The van der Waals surface area contributed by atoms with E-state index in [0.717, 1.165) is 12.0 Å². The highest BCUT2D eigenvalue weighted by Crippen LogP contribution is 2.34. The van der Waals surface area contributed by atoms with Crippen LogP contribution in [0.3, 0.4) is 0 Å². The van der Waals surface area contributed by atoms with Crippen molar-refractivity contribution >= 4 is 17.5 Å². The summed E-state index contributed by atoms with van der Waals surface area (Å²) in [5.41, 5.74) is 2.05. The number of benzene rings is 2. The lowest BCUT2D eigenvalue weighted by molar-refractivity contribution is -0.123. The lowest BCUT2D eigenvalue weighted by Gasteiger charge is -2.46. The maximum absolute atomic E-state index is 13.7. The first kappa shape index (κ1) is 18.6. The quantitative estimate of drug-likeness (QED) is 0.803. The number of likely N-dealkylation sites (N-methyl/N-ethyl adjacent to an activating group) is 1. The van der Waals surface area contributed by atoms with E-state index < -0.39 is 0 Å². The van der Waals surface area contributed by atoms with Gasteiger partial charge in [0.2, 0.25) is 5.91 Å². The van der Waals surface area contributed by atoms with Crippen molar-refractivity contribution in [2.24, 2.45) is 0 Å². The molecule has 4 rings (SSSR count). The van der Waals surface area contributed by atoms with Gasteiger partial charge in [-0.05, 0) is 50.7 Å². The second kappa shape index (κ2) is 7.02. The Balaban J connectivity index is 1.56. The predicted molar refractivity (Wildman–Crippen MR) is 106 cm³/mol. The van der Waals surface area contributed by atoms with Crippen LogP contribution in [0.25, 0.3) is 0 Å². The molecule has 1 spiro atoms. The summed E-state index contributed by atoms with van der Waals surface area (Å²) < 4.78 is 13.7. The van der Waals surface area contributed by atoms with Crippen molar-refractivity contribution in [2.45, 2.75) is 18.9 Å². The number of anilines is 1. The van der Waals surface area contributed by atoms with Gasteiger partial charge >= 0.3 is 0 Å². The van der Waals surface area contributed by atoms with E-state index in [9.17, 15) is 14.0 Å². The van der Waals surface area contributed by atoms with E-state index in [1.807, 2.05) is 48.0 Å². The van der Waals surface area contributed by atoms with Gasteiger partial charge in [0, 0.05) is 30.9 Å². The summed E-state index contributed by atoms with van der Waals surface area (Å²) in [4.78, 5) is 31.1. The van der Waals surface area contributed by atoms with Crippen LogP contribution < -0.4 is 4.90 Å². The minimum atomic E-state index is -0.360. The Labute approximate surface area is 164 Å². The van der Waals surface area contributed by atoms with E-state index in [0.29, 0.717) is 30.9 Å². The number of hydrogen-bond acceptors (Lipinski definition) is 3. The third kappa shape index (κ3) is 3.29. The normalized spacial score (nSPS) is 22.9. The van der Waals surface area contributed by atoms with E-state index >= 15 is 0 Å². The van der Waals surface area contributed by atoms with Crippen LogP contribution in [0.15, 0.2) is 48.5 Å². The first-order valence-corrected chi connectivity index (χ1v) is 9.51. The van der Waals surface area contributed by atoms with Crippen LogP contribution in [0.1, 0.15) is 22.3 Å². The van der Waals surface area contributed by atoms with Crippen LogP contribution in [0, 0.1) is 12.7 Å². The summed E-state index contributed by atoms with van der Waals surface area (Å²) in [6.07, 6.45) is 0.778. The maximum Gasteiger partial charge on any atom is 0.253 e. The summed E-state index contributed by atoms with van der Waals surface area (Å²) in [5.74, 6) is -0.401. The molecule has 0 saturated carbocycles. The molecule has 2 heterocycles. The highest BCUT2D eigenvalue weighted by Gasteiger charge is 2.48. The van der Waals surface area contributed by atoms with Gasteiger partial charge in [-0.3, -0.25) is 14.5 Å². The first-order chi connectivity index (χ1) is 13.4. The molecule has 5 nitrogen and oxygen atoms in total. The minimum absolute atomic E-state index is 0.0134. The monoisotopic (exact) mass is 381 g/mol. The number of amides is 2. The molecule has 28 heavy (non-hydrogen) atoms. The Morgan fingerprint density at radius 1 is 1.11 bits per heavy atom. The van der Waals surface area contributed by atoms with E-state index in [1.165, 1.54) is 12.1 Å². The topological polar surface area (TPSA) is 43.9 Å². The number of halogens is 1. The highest BCUT2D eigenvalue weighted by atomic mass is 19.1. The van der Waals surface area contributed by atoms with Gasteiger partial charge in [-0.2, -0.15) is 0 Å². The number of aryl methyl sites for hydroxylation is 1. The average Bonchev–Trinajstić information content (AvgIpc) is 3.10. The lowest BCUT2D eigenvalue weighted by atomic mass is 9.92. The van der Waals surface area contributed by atoms with Crippen molar-refractivity contribution in [3.8, 4) is 0 Å². The van der Waals surface area contributed by atoms with Gasteiger partial charge < -0.3 is 9.80 Å². The summed E-state index contributed by atoms with van der Waals surface area (Å²) in [6.45, 7) is 3.89. The molecular weight excluding hydrogens is 357 g/mol. The fourth-order valence-corrected chi connectivity index (χ4v) is 4.19. The van der Waals surface area contributed by atoms with Crippen LogP contribution in [0.5, 0.6) is 0 Å². The number of piperazine rings is 1. The zero-order chi connectivity index (χ0) is 19.9. The number of rotatable bonds is 2. The fraction of sp³-hybridized carbons (Fsp3) is 0.364. The summed E-state index contributed by atoms with van der Waals surface area (Å²) in [6, 6.07) is 13.7. The molecule has 2 fully saturated rings. The van der Waals surface area contributed by atoms with Crippen LogP contribution in [-0.4, -0.2) is 60.4 Å². The average molecular weight is 381 g/mol. The van der Waals surface area contributed by atoms with Crippen molar-refractivity contribution in [3.63, 3.8) is 0 Å². The van der Waals surface area contributed by atoms with Gasteiger partial charge in [-0.15, -0.1) is 0 Å². The Hall–Kier alpha value is -2.73. The fourth-order valence-electron chi connectivity index (χ4n) is 4.19. The molecule has 0 unspecified atom stereocenters. The van der Waals surface area contributed by atoms with Crippen LogP contribution in [0.4, 0.5) is 10.1 Å². The second-order valence-corrected chi connectivity index (χ2v) is 7.88. The third-order valence-corrected chi connectivity index (χ3v) is 5.97. The van der Waals surface area contributed by atoms with E-state index in [-0.39, 0.29) is 29.7 Å². The summed E-state index contributed by atoms with van der Waals surface area (Å²) >= 11 is 0. The Bertz CT molecular complexity index is 914. The second-order valence-electron chi connectivity index (χ2n) is 7.88. The Morgan fingerprint density at radius 3 is 2.57 bits per heavy atom. The molecule has 2 aromatic carbocycles. The SMILES string of the molecule is Cc1ccc(C(=O)N2CC[C@]3(C2)CN(c2cccc(F)c2)C(=O)CN3C)cc1. The molecule has 0 aromatic heterocycles. The standard InChI is InChI=1S/C22H24FN3O2/c1-16-6-8-17(9-7-16)21(28)25-11-10-22(14-25)15-26(20(27)13-24(22)2)19-5-3-4-18(23)12-19/h3-9,12H,10-11,13-15H2,1-2H3/t22-/m0/s1.